The van der Waals surface area contributed by atoms with E-state index < -0.39 is 47.8 Å². The van der Waals surface area contributed by atoms with Crippen LogP contribution in [-0.4, -0.2) is 62.5 Å². The lowest BCUT2D eigenvalue weighted by Gasteiger charge is -2.32. The van der Waals surface area contributed by atoms with Gasteiger partial charge in [-0.15, -0.1) is 0 Å². The molecule has 214 valence electrons. The molecule has 2 N–H and O–H groups in total. The van der Waals surface area contributed by atoms with Crippen molar-refractivity contribution in [3.8, 4) is 0 Å². The lowest BCUT2D eigenvalue weighted by atomic mass is 9.79. The molecule has 0 bridgehead atoms. The van der Waals surface area contributed by atoms with E-state index in [1.54, 1.807) is 36.7 Å². The van der Waals surface area contributed by atoms with Crippen LogP contribution in [0, 0.1) is 0 Å². The van der Waals surface area contributed by atoms with Crippen molar-refractivity contribution in [1.29, 1.82) is 0 Å². The van der Waals surface area contributed by atoms with Gasteiger partial charge in [0.05, 0.1) is 12.0 Å². The van der Waals surface area contributed by atoms with Crippen molar-refractivity contribution in [2.45, 2.75) is 49.5 Å². The number of hydrogen-bond donors (Lipinski definition) is 2. The van der Waals surface area contributed by atoms with E-state index in [0.29, 0.717) is 42.5 Å². The molecule has 4 aliphatic rings. The molecular weight excluding hydrogens is 546 g/mol. The quantitative estimate of drug-likeness (QED) is 0.453. The number of nitrogens with zero attached hydrogens (tertiary/aromatic N) is 4. The van der Waals surface area contributed by atoms with Crippen molar-refractivity contribution < 1.29 is 28.0 Å². The smallest absolute Gasteiger partial charge is 0.310 e. The summed E-state index contributed by atoms with van der Waals surface area (Å²) >= 11 is 0. The van der Waals surface area contributed by atoms with Crippen LogP contribution in [0.5, 0.6) is 0 Å². The lowest BCUT2D eigenvalue weighted by molar-refractivity contribution is -0.137. The van der Waals surface area contributed by atoms with Gasteiger partial charge >= 0.3 is 6.03 Å². The zero-order valence-electron chi connectivity index (χ0n) is 22.6. The van der Waals surface area contributed by atoms with Gasteiger partial charge in [-0.1, -0.05) is 30.3 Å². The molecule has 4 heterocycles. The molecule has 1 saturated heterocycles. The van der Waals surface area contributed by atoms with Crippen molar-refractivity contribution >= 4 is 35.4 Å². The van der Waals surface area contributed by atoms with E-state index in [2.05, 4.69) is 20.6 Å². The highest BCUT2D eigenvalue weighted by Crippen LogP contribution is 2.48. The molecule has 3 aromatic rings. The number of rotatable bonds is 5. The van der Waals surface area contributed by atoms with E-state index in [4.69, 9.17) is 0 Å². The van der Waals surface area contributed by atoms with Gasteiger partial charge in [0.25, 0.3) is 11.8 Å². The third-order valence-corrected chi connectivity index (χ3v) is 8.80. The van der Waals surface area contributed by atoms with Crippen LogP contribution >= 0.6 is 0 Å². The number of anilines is 2. The van der Waals surface area contributed by atoms with Crippen molar-refractivity contribution in [1.82, 2.24) is 19.8 Å². The first-order valence-electron chi connectivity index (χ1n) is 13.7. The van der Waals surface area contributed by atoms with E-state index in [1.165, 1.54) is 0 Å². The number of carbonyl (C=O) groups excluding carboxylic acids is 4. The Balaban J connectivity index is 1.15. The van der Waals surface area contributed by atoms with Crippen molar-refractivity contribution in [2.75, 3.05) is 23.7 Å². The maximum Gasteiger partial charge on any atom is 0.328 e. The van der Waals surface area contributed by atoms with Gasteiger partial charge in [-0.25, -0.2) is 23.5 Å². The van der Waals surface area contributed by atoms with E-state index >= 15 is 0 Å². The third-order valence-electron chi connectivity index (χ3n) is 8.80. The summed E-state index contributed by atoms with van der Waals surface area (Å²) in [5.41, 5.74) is 1.57. The van der Waals surface area contributed by atoms with Crippen LogP contribution in [0.15, 0.2) is 54.9 Å². The van der Waals surface area contributed by atoms with Crippen LogP contribution in [0.3, 0.4) is 0 Å². The molecule has 1 fully saturated rings. The van der Waals surface area contributed by atoms with E-state index in [-0.39, 0.29) is 18.1 Å². The summed E-state index contributed by atoms with van der Waals surface area (Å²) in [6.07, 6.45) is 4.73. The zero-order chi connectivity index (χ0) is 29.4. The van der Waals surface area contributed by atoms with Crippen LogP contribution in [-0.2, 0) is 44.6 Å². The Morgan fingerprint density at radius 2 is 1.81 bits per heavy atom. The number of halogens is 2. The molecule has 2 aliphatic carbocycles. The van der Waals surface area contributed by atoms with Gasteiger partial charge in [0.2, 0.25) is 11.8 Å². The van der Waals surface area contributed by atoms with Crippen molar-refractivity contribution in [3.05, 3.63) is 82.7 Å². The highest BCUT2D eigenvalue weighted by atomic mass is 19.3. The Hall–Kier alpha value is -4.74. The largest absolute Gasteiger partial charge is 0.328 e. The third kappa shape index (κ3) is 3.74. The molecule has 2 aromatic heterocycles. The number of urea groups is 1. The van der Waals surface area contributed by atoms with Gasteiger partial charge in [0, 0.05) is 24.9 Å². The number of aromatic nitrogens is 2. The normalized spacial score (nSPS) is 23.9. The number of hydrogen-bond acceptors (Lipinski definition) is 6. The standard InChI is InChI=1S/C30H26F2N6O4/c1-28(31,32)16-37-26(41)30(9-8-17-5-2-3-6-20(17)30)38(27(37)42)15-23(39)35-22-11-18-12-29(13-19(18)14-34-22)21-7-4-10-33-24(21)36-25(29)40/h2-7,10-11,14H,8-9,12-13,15-16H2,1H3,(H,33,36,40)(H,34,35,39). The molecule has 2 spiro atoms. The maximum atomic E-state index is 14.0. The number of nitrogens with one attached hydrogen (secondary N) is 2. The van der Waals surface area contributed by atoms with Gasteiger partial charge in [0.15, 0.2) is 5.54 Å². The summed E-state index contributed by atoms with van der Waals surface area (Å²) in [4.78, 5) is 63.7. The first-order chi connectivity index (χ1) is 20.0. The van der Waals surface area contributed by atoms with Crippen LogP contribution in [0.25, 0.3) is 0 Å². The molecule has 0 radical (unpaired) electrons. The molecule has 7 rings (SSSR count). The van der Waals surface area contributed by atoms with Crippen LogP contribution in [0.1, 0.15) is 41.2 Å². The Bertz CT molecular complexity index is 1710. The summed E-state index contributed by atoms with van der Waals surface area (Å²) in [5, 5.41) is 5.55. The minimum Gasteiger partial charge on any atom is -0.310 e. The van der Waals surface area contributed by atoms with E-state index in [1.807, 2.05) is 18.2 Å². The fourth-order valence-electron chi connectivity index (χ4n) is 7.00. The average Bonchev–Trinajstić information content (AvgIpc) is 3.65. The number of amides is 5. The number of aryl methyl sites for hydroxylation is 1. The summed E-state index contributed by atoms with van der Waals surface area (Å²) in [6, 6.07) is 11.5. The molecule has 2 aliphatic heterocycles. The molecule has 2 atom stereocenters. The van der Waals surface area contributed by atoms with Crippen LogP contribution in [0.4, 0.5) is 25.2 Å². The summed E-state index contributed by atoms with van der Waals surface area (Å²) in [5.74, 6) is -4.06. The fourth-order valence-corrected chi connectivity index (χ4v) is 7.00. The van der Waals surface area contributed by atoms with Gasteiger partial charge in [0.1, 0.15) is 18.2 Å². The van der Waals surface area contributed by atoms with Crippen molar-refractivity contribution in [2.24, 2.45) is 0 Å². The average molecular weight is 573 g/mol. The molecule has 12 heteroatoms. The fraction of sp³-hybridized carbons (Fsp3) is 0.333. The number of benzene rings is 1. The van der Waals surface area contributed by atoms with Crippen LogP contribution < -0.4 is 10.6 Å². The Morgan fingerprint density at radius 1 is 1.05 bits per heavy atom. The van der Waals surface area contributed by atoms with Gasteiger partial charge in [-0.2, -0.15) is 0 Å². The number of carbonyl (C=O) groups is 4. The summed E-state index contributed by atoms with van der Waals surface area (Å²) in [7, 11) is 0. The molecule has 5 amide bonds. The molecule has 2 unspecified atom stereocenters. The number of imide groups is 1. The predicted octanol–water partition coefficient (Wildman–Crippen LogP) is 3.16. The predicted molar refractivity (Wildman–Crippen MR) is 146 cm³/mol. The van der Waals surface area contributed by atoms with E-state index in [9.17, 15) is 28.0 Å². The first kappa shape index (κ1) is 26.2. The topological polar surface area (TPSA) is 125 Å². The van der Waals surface area contributed by atoms with Crippen molar-refractivity contribution in [3.63, 3.8) is 0 Å². The summed E-state index contributed by atoms with van der Waals surface area (Å²) < 4.78 is 28.0. The number of pyridine rings is 2. The maximum absolute atomic E-state index is 14.0. The monoisotopic (exact) mass is 572 g/mol. The first-order valence-corrected chi connectivity index (χ1v) is 13.7. The van der Waals surface area contributed by atoms with Crippen LogP contribution in [0.2, 0.25) is 0 Å². The Morgan fingerprint density at radius 3 is 2.62 bits per heavy atom. The van der Waals surface area contributed by atoms with E-state index in [0.717, 1.165) is 27.2 Å². The van der Waals surface area contributed by atoms with Gasteiger partial charge < -0.3 is 10.6 Å². The molecule has 10 nitrogen and oxygen atoms in total. The highest BCUT2D eigenvalue weighted by Gasteiger charge is 2.62. The minimum atomic E-state index is -3.30. The molecular formula is C30H26F2N6O4. The SMILES string of the molecule is CC(F)(F)CN1C(=O)N(CC(=O)Nc2cc3c(cn2)CC2(C3)C(=O)Nc3ncccc32)C2(CCc3ccccc32)C1=O. The molecule has 1 aromatic carbocycles. The minimum absolute atomic E-state index is 0.139. The Kier molecular flexibility index (Phi) is 5.53. The second kappa shape index (κ2) is 8.88. The lowest BCUT2D eigenvalue weighted by Crippen LogP contribution is -2.48. The summed E-state index contributed by atoms with van der Waals surface area (Å²) in [6.45, 7) is -0.964. The number of fused-ring (bicyclic) bond motifs is 5. The highest BCUT2D eigenvalue weighted by molar-refractivity contribution is 6.10. The second-order valence-electron chi connectivity index (χ2n) is 11.5. The second-order valence-corrected chi connectivity index (χ2v) is 11.5. The van der Waals surface area contributed by atoms with Gasteiger partial charge in [-0.3, -0.25) is 24.2 Å². The molecule has 42 heavy (non-hydrogen) atoms. The number of alkyl halides is 2. The molecule has 0 saturated carbocycles. The Labute approximate surface area is 239 Å². The zero-order valence-corrected chi connectivity index (χ0v) is 22.6. The van der Waals surface area contributed by atoms with Gasteiger partial charge in [-0.05, 0) is 60.1 Å².